The van der Waals surface area contributed by atoms with E-state index < -0.39 is 0 Å². The molecule has 2 saturated heterocycles. The van der Waals surface area contributed by atoms with Crippen LogP contribution in [-0.2, 0) is 0 Å². The van der Waals surface area contributed by atoms with Gasteiger partial charge in [0.2, 0.25) is 0 Å². The van der Waals surface area contributed by atoms with Crippen molar-refractivity contribution in [2.45, 2.75) is 25.3 Å². The molecule has 0 bridgehead atoms. The summed E-state index contributed by atoms with van der Waals surface area (Å²) in [7, 11) is 2.16. The fraction of sp³-hybridized carbons (Fsp3) is 0.455. The number of pyridine rings is 1. The van der Waals surface area contributed by atoms with E-state index in [1.54, 1.807) is 0 Å². The lowest BCUT2D eigenvalue weighted by Crippen LogP contribution is -2.46. The Balaban J connectivity index is 1.64. The molecule has 27 heavy (non-hydrogen) atoms. The highest BCUT2D eigenvalue weighted by Crippen LogP contribution is 2.36. The lowest BCUT2D eigenvalue weighted by atomic mass is 9.94. The van der Waals surface area contributed by atoms with E-state index in [9.17, 15) is 4.79 Å². The van der Waals surface area contributed by atoms with E-state index >= 15 is 0 Å². The number of hydrogen-bond donors (Lipinski definition) is 0. The molecule has 2 aliphatic heterocycles. The van der Waals surface area contributed by atoms with Gasteiger partial charge in [-0.05, 0) is 44.5 Å². The minimum absolute atomic E-state index is 0.106. The summed E-state index contributed by atoms with van der Waals surface area (Å²) in [5.41, 5.74) is 1.97. The number of rotatable bonds is 3. The second kappa shape index (κ2) is 8.09. The smallest absolute Gasteiger partial charge is 0.254 e. The van der Waals surface area contributed by atoms with Gasteiger partial charge in [-0.1, -0.05) is 24.3 Å². The molecule has 5 heteroatoms. The van der Waals surface area contributed by atoms with Crippen molar-refractivity contribution in [3.05, 3.63) is 59.8 Å². The van der Waals surface area contributed by atoms with Crippen LogP contribution in [0.15, 0.2) is 48.7 Å². The van der Waals surface area contributed by atoms with Gasteiger partial charge in [0.25, 0.3) is 5.91 Å². The number of amides is 1. The maximum atomic E-state index is 13.2. The molecule has 0 radical (unpaired) electrons. The third-order valence-corrected chi connectivity index (χ3v) is 5.76. The van der Waals surface area contributed by atoms with Crippen molar-refractivity contribution in [1.82, 2.24) is 14.8 Å². The average molecular weight is 364 g/mol. The molecule has 4 rings (SSSR count). The predicted molar refractivity (Wildman–Crippen MR) is 108 cm³/mol. The summed E-state index contributed by atoms with van der Waals surface area (Å²) in [5.74, 6) is 1.19. The first-order valence-corrected chi connectivity index (χ1v) is 9.98. The first-order valence-electron chi connectivity index (χ1n) is 9.98. The fourth-order valence-corrected chi connectivity index (χ4v) is 4.20. The predicted octanol–water partition coefficient (Wildman–Crippen LogP) is 3.20. The lowest BCUT2D eigenvalue weighted by Gasteiger charge is -2.39. The Bertz CT molecular complexity index is 771. The van der Waals surface area contributed by atoms with Gasteiger partial charge in [0.05, 0.1) is 6.04 Å². The summed E-state index contributed by atoms with van der Waals surface area (Å²) < 4.78 is 0. The molecular formula is C22H28N4O. The highest BCUT2D eigenvalue weighted by Gasteiger charge is 2.32. The Morgan fingerprint density at radius 3 is 2.52 bits per heavy atom. The Labute approximate surface area is 161 Å². The van der Waals surface area contributed by atoms with Gasteiger partial charge in [-0.2, -0.15) is 0 Å². The van der Waals surface area contributed by atoms with Crippen LogP contribution < -0.4 is 4.90 Å². The summed E-state index contributed by atoms with van der Waals surface area (Å²) >= 11 is 0. The van der Waals surface area contributed by atoms with Crippen LogP contribution in [-0.4, -0.2) is 60.5 Å². The number of anilines is 1. The van der Waals surface area contributed by atoms with Crippen LogP contribution >= 0.6 is 0 Å². The number of nitrogens with zero attached hydrogens (tertiary/aromatic N) is 4. The molecule has 2 aliphatic rings. The molecule has 1 atom stereocenters. The van der Waals surface area contributed by atoms with Crippen molar-refractivity contribution >= 4 is 11.7 Å². The quantitative estimate of drug-likeness (QED) is 0.839. The van der Waals surface area contributed by atoms with Crippen molar-refractivity contribution in [2.75, 3.05) is 44.7 Å². The molecule has 142 valence electrons. The molecule has 0 unspecified atom stereocenters. The molecule has 2 aromatic rings. The van der Waals surface area contributed by atoms with Crippen LogP contribution in [0.1, 0.15) is 41.2 Å². The summed E-state index contributed by atoms with van der Waals surface area (Å²) in [4.78, 5) is 24.7. The number of carbonyl (C=O) groups excluding carboxylic acids is 1. The number of likely N-dealkylation sites (tertiary alicyclic amines) is 1. The van der Waals surface area contributed by atoms with Gasteiger partial charge in [-0.15, -0.1) is 0 Å². The SMILES string of the molecule is CN1CCN(c2ncccc2[C@@H]2CCCCN2C(=O)c2ccccc2)CC1. The molecule has 5 nitrogen and oxygen atoms in total. The third-order valence-electron chi connectivity index (χ3n) is 5.76. The fourth-order valence-electron chi connectivity index (χ4n) is 4.20. The Morgan fingerprint density at radius 1 is 0.963 bits per heavy atom. The summed E-state index contributed by atoms with van der Waals surface area (Å²) in [6.07, 6.45) is 5.10. The van der Waals surface area contributed by atoms with E-state index in [-0.39, 0.29) is 11.9 Å². The van der Waals surface area contributed by atoms with Crippen LogP contribution in [0.2, 0.25) is 0 Å². The standard InChI is InChI=1S/C22H28N4O/c1-24-14-16-25(17-15-24)21-19(10-7-12-23-21)20-11-5-6-13-26(20)22(27)18-8-3-2-4-9-18/h2-4,7-10,12,20H,5-6,11,13-17H2,1H3/t20-/m0/s1. The zero-order valence-electron chi connectivity index (χ0n) is 16.1. The van der Waals surface area contributed by atoms with Gasteiger partial charge >= 0.3 is 0 Å². The van der Waals surface area contributed by atoms with Crippen LogP contribution in [0, 0.1) is 0 Å². The first-order chi connectivity index (χ1) is 13.2. The van der Waals surface area contributed by atoms with Crippen LogP contribution in [0.25, 0.3) is 0 Å². The molecule has 0 saturated carbocycles. The molecular weight excluding hydrogens is 336 g/mol. The lowest BCUT2D eigenvalue weighted by molar-refractivity contribution is 0.0611. The second-order valence-corrected chi connectivity index (χ2v) is 7.58. The minimum Gasteiger partial charge on any atom is -0.354 e. The highest BCUT2D eigenvalue weighted by atomic mass is 16.2. The largest absolute Gasteiger partial charge is 0.354 e. The molecule has 3 heterocycles. The van der Waals surface area contributed by atoms with Gasteiger partial charge in [0.1, 0.15) is 5.82 Å². The number of benzene rings is 1. The number of hydrogen-bond acceptors (Lipinski definition) is 4. The van der Waals surface area contributed by atoms with Crippen molar-refractivity contribution < 1.29 is 4.79 Å². The third kappa shape index (κ3) is 3.83. The summed E-state index contributed by atoms with van der Waals surface area (Å²) in [6, 6.07) is 13.9. The van der Waals surface area contributed by atoms with Crippen molar-refractivity contribution in [3.8, 4) is 0 Å². The minimum atomic E-state index is 0.106. The van der Waals surface area contributed by atoms with Crippen molar-refractivity contribution in [3.63, 3.8) is 0 Å². The van der Waals surface area contributed by atoms with E-state index in [0.717, 1.165) is 63.4 Å². The molecule has 2 fully saturated rings. The number of piperidine rings is 1. The number of aromatic nitrogens is 1. The van der Waals surface area contributed by atoms with E-state index in [0.29, 0.717) is 0 Å². The Kier molecular flexibility index (Phi) is 5.39. The number of carbonyl (C=O) groups is 1. The van der Waals surface area contributed by atoms with Gasteiger partial charge in [0, 0.05) is 50.0 Å². The zero-order valence-corrected chi connectivity index (χ0v) is 16.1. The van der Waals surface area contributed by atoms with E-state index in [1.165, 1.54) is 5.56 Å². The maximum Gasteiger partial charge on any atom is 0.254 e. The van der Waals surface area contributed by atoms with Gasteiger partial charge in [0.15, 0.2) is 0 Å². The van der Waals surface area contributed by atoms with E-state index in [1.807, 2.05) is 42.6 Å². The normalized spacial score (nSPS) is 21.3. The van der Waals surface area contributed by atoms with Crippen LogP contribution in [0.3, 0.4) is 0 Å². The summed E-state index contributed by atoms with van der Waals surface area (Å²) in [5, 5.41) is 0. The van der Waals surface area contributed by atoms with Gasteiger partial charge in [-0.3, -0.25) is 4.79 Å². The average Bonchev–Trinajstić information content (AvgIpc) is 2.74. The van der Waals surface area contributed by atoms with Gasteiger partial charge < -0.3 is 14.7 Å². The monoisotopic (exact) mass is 364 g/mol. The molecule has 1 aromatic carbocycles. The molecule has 1 aromatic heterocycles. The molecule has 0 spiro atoms. The molecule has 0 aliphatic carbocycles. The maximum absolute atomic E-state index is 13.2. The van der Waals surface area contributed by atoms with Crippen LogP contribution in [0.5, 0.6) is 0 Å². The molecule has 1 amide bonds. The van der Waals surface area contributed by atoms with Crippen molar-refractivity contribution in [1.29, 1.82) is 0 Å². The second-order valence-electron chi connectivity index (χ2n) is 7.58. The van der Waals surface area contributed by atoms with Crippen LogP contribution in [0.4, 0.5) is 5.82 Å². The number of likely N-dealkylation sites (N-methyl/N-ethyl adjacent to an activating group) is 1. The van der Waals surface area contributed by atoms with Gasteiger partial charge in [-0.25, -0.2) is 4.98 Å². The topological polar surface area (TPSA) is 39.7 Å². The van der Waals surface area contributed by atoms with Crippen molar-refractivity contribution in [2.24, 2.45) is 0 Å². The summed E-state index contributed by atoms with van der Waals surface area (Å²) in [6.45, 7) is 4.88. The Hall–Kier alpha value is -2.40. The first kappa shape index (κ1) is 18.0. The number of piperazine rings is 1. The zero-order chi connectivity index (χ0) is 18.6. The van der Waals surface area contributed by atoms with E-state index in [2.05, 4.69) is 27.8 Å². The molecule has 0 N–H and O–H groups in total. The Morgan fingerprint density at radius 2 is 1.74 bits per heavy atom. The highest BCUT2D eigenvalue weighted by molar-refractivity contribution is 5.94. The van der Waals surface area contributed by atoms with E-state index in [4.69, 9.17) is 4.98 Å².